The van der Waals surface area contributed by atoms with E-state index in [0.29, 0.717) is 6.54 Å². The standard InChI is InChI=1S/C18H29ClN4O.3ClH/c1-14(15(2)20)18(24)21-7-4-8-22-9-11-23(12-10-22)17-6-3-5-16(19)13-17;;;/h3,5-6,13-15H,4,7-12,20H2,1-2H3,(H,21,24);3*1H. The molecule has 0 radical (unpaired) electrons. The van der Waals surface area contributed by atoms with Gasteiger partial charge in [0.15, 0.2) is 0 Å². The van der Waals surface area contributed by atoms with E-state index in [0.717, 1.165) is 44.2 Å². The van der Waals surface area contributed by atoms with Crippen LogP contribution in [0.15, 0.2) is 24.3 Å². The highest BCUT2D eigenvalue weighted by molar-refractivity contribution is 6.30. The van der Waals surface area contributed by atoms with Crippen molar-refractivity contribution in [2.45, 2.75) is 26.3 Å². The minimum Gasteiger partial charge on any atom is -0.369 e. The number of nitrogens with zero attached hydrogens (tertiary/aromatic N) is 2. The molecule has 2 atom stereocenters. The third kappa shape index (κ3) is 9.55. The van der Waals surface area contributed by atoms with E-state index in [1.807, 2.05) is 32.0 Å². The van der Waals surface area contributed by atoms with Crippen LogP contribution < -0.4 is 16.0 Å². The molecule has 0 saturated carbocycles. The molecule has 3 N–H and O–H groups in total. The number of carbonyl (C=O) groups excluding carboxylic acids is 1. The van der Waals surface area contributed by atoms with Gasteiger partial charge in [0.2, 0.25) is 5.91 Å². The van der Waals surface area contributed by atoms with E-state index in [9.17, 15) is 4.79 Å². The van der Waals surface area contributed by atoms with Crippen LogP contribution >= 0.6 is 48.8 Å². The summed E-state index contributed by atoms with van der Waals surface area (Å²) in [6.07, 6.45) is 0.967. The Hall–Kier alpha value is -0.430. The second-order valence-corrected chi connectivity index (χ2v) is 7.04. The van der Waals surface area contributed by atoms with Gasteiger partial charge < -0.3 is 16.0 Å². The fourth-order valence-corrected chi connectivity index (χ4v) is 3.00. The highest BCUT2D eigenvalue weighted by atomic mass is 35.5. The Morgan fingerprint density at radius 3 is 2.37 bits per heavy atom. The van der Waals surface area contributed by atoms with Gasteiger partial charge in [-0.3, -0.25) is 9.69 Å². The van der Waals surface area contributed by atoms with Gasteiger partial charge in [0.05, 0.1) is 0 Å². The van der Waals surface area contributed by atoms with Crippen LogP contribution in [0.3, 0.4) is 0 Å². The van der Waals surface area contributed by atoms with Crippen LogP contribution in [0.25, 0.3) is 0 Å². The second kappa shape index (κ2) is 14.6. The Bertz CT molecular complexity index is 540. The fraction of sp³-hybridized carbons (Fsp3) is 0.611. The smallest absolute Gasteiger partial charge is 0.224 e. The SMILES string of the molecule is CC(N)C(C)C(=O)NCCCN1CCN(c2cccc(Cl)c2)CC1.Cl.Cl.Cl. The highest BCUT2D eigenvalue weighted by Crippen LogP contribution is 2.20. The molecule has 0 aromatic heterocycles. The molecule has 1 aliphatic rings. The van der Waals surface area contributed by atoms with Gasteiger partial charge in [0, 0.05) is 55.4 Å². The largest absolute Gasteiger partial charge is 0.369 e. The van der Waals surface area contributed by atoms with Gasteiger partial charge in [-0.25, -0.2) is 0 Å². The molecular weight excluding hydrogens is 430 g/mol. The topological polar surface area (TPSA) is 61.6 Å². The van der Waals surface area contributed by atoms with Crippen molar-refractivity contribution in [3.05, 3.63) is 29.3 Å². The first-order valence-electron chi connectivity index (χ1n) is 8.73. The lowest BCUT2D eigenvalue weighted by atomic mass is 10.0. The Morgan fingerprint density at radius 1 is 1.19 bits per heavy atom. The van der Waals surface area contributed by atoms with Crippen LogP contribution in [-0.2, 0) is 4.79 Å². The Balaban J connectivity index is 0. The fourth-order valence-electron chi connectivity index (χ4n) is 2.82. The van der Waals surface area contributed by atoms with Gasteiger partial charge in [-0.15, -0.1) is 37.2 Å². The maximum atomic E-state index is 11.8. The van der Waals surface area contributed by atoms with Gasteiger partial charge in [0.25, 0.3) is 0 Å². The Kier molecular flexibility index (Phi) is 15.5. The summed E-state index contributed by atoms with van der Waals surface area (Å²) in [4.78, 5) is 16.7. The third-order valence-electron chi connectivity index (χ3n) is 4.70. The molecule has 9 heteroatoms. The number of rotatable bonds is 7. The minimum absolute atomic E-state index is 0. The lowest BCUT2D eigenvalue weighted by Gasteiger charge is -2.36. The molecule has 1 saturated heterocycles. The highest BCUT2D eigenvalue weighted by Gasteiger charge is 2.18. The zero-order valence-electron chi connectivity index (χ0n) is 15.9. The first-order valence-corrected chi connectivity index (χ1v) is 9.11. The maximum Gasteiger partial charge on any atom is 0.224 e. The summed E-state index contributed by atoms with van der Waals surface area (Å²) in [5.74, 6) is -0.0815. The number of hydrogen-bond donors (Lipinski definition) is 2. The molecule has 1 heterocycles. The summed E-state index contributed by atoms with van der Waals surface area (Å²) >= 11 is 6.07. The molecule has 27 heavy (non-hydrogen) atoms. The van der Waals surface area contributed by atoms with Crippen molar-refractivity contribution in [3.63, 3.8) is 0 Å². The molecule has 5 nitrogen and oxygen atoms in total. The molecule has 1 aromatic rings. The van der Waals surface area contributed by atoms with Crippen LogP contribution in [0, 0.1) is 5.92 Å². The number of benzene rings is 1. The lowest BCUT2D eigenvalue weighted by molar-refractivity contribution is -0.124. The van der Waals surface area contributed by atoms with Crippen molar-refractivity contribution in [3.8, 4) is 0 Å². The molecule has 2 rings (SSSR count). The molecule has 1 fully saturated rings. The number of nitrogens with one attached hydrogen (secondary N) is 1. The van der Waals surface area contributed by atoms with Crippen LogP contribution in [0.4, 0.5) is 5.69 Å². The molecular formula is C18H32Cl4N4O. The van der Waals surface area contributed by atoms with Gasteiger partial charge in [-0.2, -0.15) is 0 Å². The van der Waals surface area contributed by atoms with Crippen LogP contribution in [0.5, 0.6) is 0 Å². The van der Waals surface area contributed by atoms with Gasteiger partial charge >= 0.3 is 0 Å². The van der Waals surface area contributed by atoms with Crippen molar-refractivity contribution < 1.29 is 4.79 Å². The Morgan fingerprint density at radius 2 is 1.81 bits per heavy atom. The quantitative estimate of drug-likeness (QED) is 0.612. The van der Waals surface area contributed by atoms with E-state index in [2.05, 4.69) is 21.2 Å². The maximum absolute atomic E-state index is 11.8. The third-order valence-corrected chi connectivity index (χ3v) is 4.93. The average molecular weight is 462 g/mol. The summed E-state index contributed by atoms with van der Waals surface area (Å²) in [7, 11) is 0. The van der Waals surface area contributed by atoms with Crippen molar-refractivity contribution >= 4 is 60.4 Å². The predicted octanol–water partition coefficient (Wildman–Crippen LogP) is 3.22. The summed E-state index contributed by atoms with van der Waals surface area (Å²) < 4.78 is 0. The molecule has 158 valence electrons. The summed E-state index contributed by atoms with van der Waals surface area (Å²) in [6.45, 7) is 9.55. The van der Waals surface area contributed by atoms with E-state index >= 15 is 0 Å². The normalized spacial score (nSPS) is 16.2. The molecule has 1 aliphatic heterocycles. The number of hydrogen-bond acceptors (Lipinski definition) is 4. The zero-order valence-corrected chi connectivity index (χ0v) is 19.1. The number of nitrogens with two attached hydrogens (primary N) is 1. The molecule has 1 aromatic carbocycles. The van der Waals surface area contributed by atoms with Crippen LogP contribution in [0.2, 0.25) is 5.02 Å². The van der Waals surface area contributed by atoms with Gasteiger partial charge in [0.1, 0.15) is 0 Å². The Labute approximate surface area is 186 Å². The summed E-state index contributed by atoms with van der Waals surface area (Å²) in [5, 5.41) is 3.76. The van der Waals surface area contributed by atoms with Crippen molar-refractivity contribution in [1.82, 2.24) is 10.2 Å². The zero-order chi connectivity index (χ0) is 17.5. The first-order chi connectivity index (χ1) is 11.5. The average Bonchev–Trinajstić information content (AvgIpc) is 2.58. The number of anilines is 1. The number of piperazine rings is 1. The summed E-state index contributed by atoms with van der Waals surface area (Å²) in [6, 6.07) is 7.92. The number of amides is 1. The number of halogens is 4. The molecule has 2 unspecified atom stereocenters. The second-order valence-electron chi connectivity index (χ2n) is 6.60. The number of carbonyl (C=O) groups is 1. The minimum atomic E-state index is -0.133. The molecule has 1 amide bonds. The molecule has 0 aliphatic carbocycles. The molecule has 0 bridgehead atoms. The van der Waals surface area contributed by atoms with E-state index in [-0.39, 0.29) is 55.1 Å². The van der Waals surface area contributed by atoms with Crippen molar-refractivity contribution in [2.75, 3.05) is 44.2 Å². The monoisotopic (exact) mass is 460 g/mol. The van der Waals surface area contributed by atoms with Gasteiger partial charge in [-0.05, 0) is 38.1 Å². The lowest BCUT2D eigenvalue weighted by Crippen LogP contribution is -2.47. The summed E-state index contributed by atoms with van der Waals surface area (Å²) in [5.41, 5.74) is 6.94. The van der Waals surface area contributed by atoms with Gasteiger partial charge in [-0.1, -0.05) is 24.6 Å². The van der Waals surface area contributed by atoms with Crippen molar-refractivity contribution in [1.29, 1.82) is 0 Å². The van der Waals surface area contributed by atoms with E-state index in [4.69, 9.17) is 17.3 Å². The van der Waals surface area contributed by atoms with Crippen LogP contribution in [-0.4, -0.2) is 56.1 Å². The first kappa shape index (κ1) is 28.8. The van der Waals surface area contributed by atoms with E-state index in [1.165, 1.54) is 5.69 Å². The van der Waals surface area contributed by atoms with E-state index in [1.54, 1.807) is 0 Å². The predicted molar refractivity (Wildman–Crippen MR) is 122 cm³/mol. The van der Waals surface area contributed by atoms with Crippen molar-refractivity contribution in [2.24, 2.45) is 11.7 Å². The van der Waals surface area contributed by atoms with E-state index < -0.39 is 0 Å². The molecule has 0 spiro atoms. The van der Waals surface area contributed by atoms with Crippen LogP contribution in [0.1, 0.15) is 20.3 Å².